The molecule has 0 aromatic carbocycles. The molecule has 0 spiro atoms. The Labute approximate surface area is 99.3 Å². The molecule has 0 bridgehead atoms. The van der Waals surface area contributed by atoms with Crippen LogP contribution in [0.3, 0.4) is 0 Å². The average Bonchev–Trinajstić information content (AvgIpc) is 2.29. The molecule has 0 aliphatic carbocycles. The van der Waals surface area contributed by atoms with E-state index in [2.05, 4.69) is 15.3 Å². The summed E-state index contributed by atoms with van der Waals surface area (Å²) in [5.74, 6) is 0.393. The Balaban J connectivity index is 0.00000128. The maximum absolute atomic E-state index is 11.4. The van der Waals surface area contributed by atoms with Gasteiger partial charge in [0.25, 0.3) is 0 Å². The van der Waals surface area contributed by atoms with Gasteiger partial charge in [0.15, 0.2) is 0 Å². The maximum Gasteiger partial charge on any atom is 0.339 e. The molecule has 0 fully saturated rings. The number of carbonyl (C=O) groups excluding carboxylic acids is 1. The number of anilines is 1. The number of esters is 1. The first kappa shape index (κ1) is 12.4. The molecule has 2 heterocycles. The zero-order chi connectivity index (χ0) is 10.7. The summed E-state index contributed by atoms with van der Waals surface area (Å²) in [6.07, 6.45) is 3.20. The van der Waals surface area contributed by atoms with Gasteiger partial charge in [-0.2, -0.15) is 0 Å². The predicted octanol–water partition coefficient (Wildman–Crippen LogP) is 1.48. The van der Waals surface area contributed by atoms with Crippen LogP contribution in [0.2, 0.25) is 0 Å². The lowest BCUT2D eigenvalue weighted by molar-refractivity contribution is 0.0526. The molecular formula is C10H12ClN3O2. The van der Waals surface area contributed by atoms with E-state index in [1.807, 2.05) is 0 Å². The molecule has 1 aliphatic rings. The number of ether oxygens (including phenoxy) is 1. The smallest absolute Gasteiger partial charge is 0.339 e. The fourth-order valence-electron chi connectivity index (χ4n) is 1.32. The number of nitrogens with zero attached hydrogens (tertiary/aromatic N) is 2. The number of hydrogen-bond donors (Lipinski definition) is 1. The van der Waals surface area contributed by atoms with Crippen molar-refractivity contribution in [1.29, 1.82) is 0 Å². The van der Waals surface area contributed by atoms with Gasteiger partial charge in [-0.05, 0) is 13.0 Å². The third kappa shape index (κ3) is 2.49. The van der Waals surface area contributed by atoms with E-state index < -0.39 is 0 Å². The molecule has 1 N–H and O–H groups in total. The standard InChI is InChI=1S/C10H11N3O2.ClH/c1-2-15-10(14)8-3-7-4-11-6-13-9(7)12-5-8;/h3-5H,2,6H2,1H3,(H,12,13);1H. The lowest BCUT2D eigenvalue weighted by Crippen LogP contribution is -2.12. The van der Waals surface area contributed by atoms with Crippen LogP contribution in [-0.4, -0.2) is 30.4 Å². The van der Waals surface area contributed by atoms with Crippen LogP contribution in [0.4, 0.5) is 5.82 Å². The molecule has 0 atom stereocenters. The maximum atomic E-state index is 11.4. The Morgan fingerprint density at radius 3 is 3.19 bits per heavy atom. The van der Waals surface area contributed by atoms with E-state index in [1.54, 1.807) is 19.2 Å². The average molecular weight is 242 g/mol. The van der Waals surface area contributed by atoms with Crippen LogP contribution in [0.25, 0.3) is 0 Å². The van der Waals surface area contributed by atoms with Crippen molar-refractivity contribution in [2.75, 3.05) is 18.6 Å². The van der Waals surface area contributed by atoms with Gasteiger partial charge in [0.2, 0.25) is 0 Å². The van der Waals surface area contributed by atoms with Crippen molar-refractivity contribution in [3.63, 3.8) is 0 Å². The van der Waals surface area contributed by atoms with Gasteiger partial charge in [-0.3, -0.25) is 4.99 Å². The highest BCUT2D eigenvalue weighted by atomic mass is 35.5. The van der Waals surface area contributed by atoms with Crippen molar-refractivity contribution < 1.29 is 9.53 Å². The predicted molar refractivity (Wildman–Crippen MR) is 63.5 cm³/mol. The summed E-state index contributed by atoms with van der Waals surface area (Å²) in [4.78, 5) is 19.6. The Kier molecular flexibility index (Phi) is 4.25. The molecule has 0 saturated heterocycles. The SMILES string of the molecule is CCOC(=O)c1cnc2c(c1)C=NCN2.Cl. The quantitative estimate of drug-likeness (QED) is 0.797. The molecule has 86 valence electrons. The third-order valence-corrected chi connectivity index (χ3v) is 2.00. The minimum absolute atomic E-state index is 0. The molecule has 0 radical (unpaired) electrons. The fourth-order valence-corrected chi connectivity index (χ4v) is 1.32. The van der Waals surface area contributed by atoms with E-state index in [0.717, 1.165) is 11.4 Å². The normalized spacial score (nSPS) is 12.1. The third-order valence-electron chi connectivity index (χ3n) is 2.00. The lowest BCUT2D eigenvalue weighted by Gasteiger charge is -2.11. The van der Waals surface area contributed by atoms with Gasteiger partial charge in [-0.15, -0.1) is 12.4 Å². The number of pyridine rings is 1. The van der Waals surface area contributed by atoms with Gasteiger partial charge in [-0.1, -0.05) is 0 Å². The van der Waals surface area contributed by atoms with Crippen LogP contribution in [-0.2, 0) is 4.74 Å². The number of halogens is 1. The number of carbonyl (C=O) groups is 1. The summed E-state index contributed by atoms with van der Waals surface area (Å²) < 4.78 is 4.88. The Morgan fingerprint density at radius 1 is 1.62 bits per heavy atom. The zero-order valence-corrected chi connectivity index (χ0v) is 9.58. The highest BCUT2D eigenvalue weighted by Crippen LogP contribution is 2.15. The second-order valence-corrected chi connectivity index (χ2v) is 3.03. The van der Waals surface area contributed by atoms with Crippen LogP contribution >= 0.6 is 12.4 Å². The molecule has 0 unspecified atom stereocenters. The summed E-state index contributed by atoms with van der Waals surface area (Å²) in [6, 6.07) is 1.72. The highest BCUT2D eigenvalue weighted by molar-refractivity contribution is 5.94. The monoisotopic (exact) mass is 241 g/mol. The Bertz CT molecular complexity index is 421. The van der Waals surface area contributed by atoms with Gasteiger partial charge in [0.05, 0.1) is 12.2 Å². The van der Waals surface area contributed by atoms with Crippen LogP contribution in [0.15, 0.2) is 17.3 Å². The number of aliphatic imine (C=N–C) groups is 1. The van der Waals surface area contributed by atoms with Crippen molar-refractivity contribution >= 4 is 30.4 Å². The van der Waals surface area contributed by atoms with E-state index >= 15 is 0 Å². The molecule has 1 aromatic rings. The lowest BCUT2D eigenvalue weighted by atomic mass is 10.2. The van der Waals surface area contributed by atoms with Crippen molar-refractivity contribution in [3.05, 3.63) is 23.4 Å². The van der Waals surface area contributed by atoms with Gasteiger partial charge in [0, 0.05) is 18.0 Å². The summed E-state index contributed by atoms with van der Waals surface area (Å²) >= 11 is 0. The molecule has 2 rings (SSSR count). The molecule has 16 heavy (non-hydrogen) atoms. The number of fused-ring (bicyclic) bond motifs is 1. The molecule has 1 aromatic heterocycles. The van der Waals surface area contributed by atoms with E-state index in [-0.39, 0.29) is 18.4 Å². The molecule has 6 heteroatoms. The van der Waals surface area contributed by atoms with Crippen molar-refractivity contribution in [2.45, 2.75) is 6.92 Å². The fraction of sp³-hybridized carbons (Fsp3) is 0.300. The van der Waals surface area contributed by atoms with Crippen LogP contribution in [0, 0.1) is 0 Å². The van der Waals surface area contributed by atoms with Crippen LogP contribution < -0.4 is 5.32 Å². The zero-order valence-electron chi connectivity index (χ0n) is 8.77. The first-order chi connectivity index (χ1) is 7.31. The Morgan fingerprint density at radius 2 is 2.44 bits per heavy atom. The van der Waals surface area contributed by atoms with E-state index in [0.29, 0.717) is 18.8 Å². The van der Waals surface area contributed by atoms with E-state index in [4.69, 9.17) is 4.74 Å². The molecule has 0 saturated carbocycles. The summed E-state index contributed by atoms with van der Waals surface area (Å²) in [5, 5.41) is 3.00. The minimum atomic E-state index is -0.355. The van der Waals surface area contributed by atoms with Gasteiger partial charge < -0.3 is 10.1 Å². The summed E-state index contributed by atoms with van der Waals surface area (Å²) in [6.45, 7) is 2.66. The minimum Gasteiger partial charge on any atom is -0.462 e. The van der Waals surface area contributed by atoms with Crippen molar-refractivity contribution in [1.82, 2.24) is 4.98 Å². The summed E-state index contributed by atoms with van der Waals surface area (Å²) in [5.41, 5.74) is 1.26. The first-order valence-electron chi connectivity index (χ1n) is 4.72. The topological polar surface area (TPSA) is 63.6 Å². The second kappa shape index (κ2) is 5.46. The van der Waals surface area contributed by atoms with Crippen LogP contribution in [0.5, 0.6) is 0 Å². The first-order valence-corrected chi connectivity index (χ1v) is 4.72. The molecule has 0 amide bonds. The van der Waals surface area contributed by atoms with Gasteiger partial charge in [0.1, 0.15) is 12.5 Å². The van der Waals surface area contributed by atoms with E-state index in [1.165, 1.54) is 6.20 Å². The number of nitrogens with one attached hydrogen (secondary N) is 1. The second-order valence-electron chi connectivity index (χ2n) is 3.03. The number of rotatable bonds is 2. The molecule has 5 nitrogen and oxygen atoms in total. The largest absolute Gasteiger partial charge is 0.462 e. The molecular weight excluding hydrogens is 230 g/mol. The summed E-state index contributed by atoms with van der Waals surface area (Å²) in [7, 11) is 0. The van der Waals surface area contributed by atoms with Gasteiger partial charge >= 0.3 is 5.97 Å². The Hall–Kier alpha value is -1.62. The molecule has 1 aliphatic heterocycles. The van der Waals surface area contributed by atoms with Crippen molar-refractivity contribution in [2.24, 2.45) is 4.99 Å². The van der Waals surface area contributed by atoms with Gasteiger partial charge in [-0.25, -0.2) is 9.78 Å². The highest BCUT2D eigenvalue weighted by Gasteiger charge is 2.11. The van der Waals surface area contributed by atoms with E-state index in [9.17, 15) is 4.79 Å². The van der Waals surface area contributed by atoms with Crippen LogP contribution in [0.1, 0.15) is 22.8 Å². The number of hydrogen-bond acceptors (Lipinski definition) is 5. The van der Waals surface area contributed by atoms with Crippen molar-refractivity contribution in [3.8, 4) is 0 Å². The number of aromatic nitrogens is 1.